The van der Waals surface area contributed by atoms with Crippen molar-refractivity contribution in [3.63, 3.8) is 0 Å². The van der Waals surface area contributed by atoms with Crippen LogP contribution in [-0.2, 0) is 19.1 Å². The van der Waals surface area contributed by atoms with Crippen molar-refractivity contribution in [2.24, 2.45) is 29.4 Å². The van der Waals surface area contributed by atoms with Gasteiger partial charge < -0.3 is 35.8 Å². The molecule has 0 aromatic rings. The molecule has 5 rings (SSSR count). The number of morpholine rings is 1. The molecule has 11 heteroatoms. The second-order valence-corrected chi connectivity index (χ2v) is 11.1. The molecule has 1 saturated heterocycles. The summed E-state index contributed by atoms with van der Waals surface area (Å²) in [6.45, 7) is 2.31. The van der Waals surface area contributed by atoms with Crippen molar-refractivity contribution in [3.8, 4) is 0 Å². The van der Waals surface area contributed by atoms with Crippen LogP contribution in [0.15, 0.2) is 22.7 Å². The van der Waals surface area contributed by atoms with Crippen molar-refractivity contribution in [1.29, 1.82) is 0 Å². The zero-order valence-corrected chi connectivity index (χ0v) is 20.6. The van der Waals surface area contributed by atoms with Crippen molar-refractivity contribution < 1.29 is 39.5 Å². The molecule has 8 atom stereocenters. The van der Waals surface area contributed by atoms with E-state index in [0.717, 1.165) is 0 Å². The minimum absolute atomic E-state index is 0.00454. The summed E-state index contributed by atoms with van der Waals surface area (Å²) in [5, 5.41) is 44.6. The van der Waals surface area contributed by atoms with Crippen LogP contribution in [0.4, 0.5) is 0 Å². The number of carbonyl (C=O) groups is 3. The van der Waals surface area contributed by atoms with Gasteiger partial charge >= 0.3 is 0 Å². The molecule has 0 bridgehead atoms. The Kier molecular flexibility index (Phi) is 6.27. The molecule has 36 heavy (non-hydrogen) atoms. The number of ether oxygens (including phenoxy) is 1. The van der Waals surface area contributed by atoms with Gasteiger partial charge in [0.05, 0.1) is 25.2 Å². The van der Waals surface area contributed by atoms with E-state index in [9.17, 15) is 34.8 Å². The molecule has 1 aliphatic heterocycles. The molecule has 0 aromatic heterocycles. The summed E-state index contributed by atoms with van der Waals surface area (Å²) in [5.74, 6) is -5.92. The Balaban J connectivity index is 1.55. The first kappa shape index (κ1) is 25.3. The Morgan fingerprint density at radius 3 is 2.42 bits per heavy atom. The lowest BCUT2D eigenvalue weighted by molar-refractivity contribution is -0.192. The third kappa shape index (κ3) is 3.55. The predicted octanol–water partition coefficient (Wildman–Crippen LogP) is -0.963. The summed E-state index contributed by atoms with van der Waals surface area (Å²) >= 11 is 0. The van der Waals surface area contributed by atoms with Gasteiger partial charge in [-0.15, -0.1) is 0 Å². The third-order valence-electron chi connectivity index (χ3n) is 9.24. The Labute approximate surface area is 209 Å². The molecular weight excluding hydrogens is 470 g/mol. The molecule has 0 aromatic carbocycles. The van der Waals surface area contributed by atoms with Gasteiger partial charge in [0.1, 0.15) is 23.2 Å². The molecule has 4 aliphatic carbocycles. The van der Waals surface area contributed by atoms with Crippen LogP contribution >= 0.6 is 0 Å². The quantitative estimate of drug-likeness (QED) is 0.301. The van der Waals surface area contributed by atoms with Crippen LogP contribution in [0.5, 0.6) is 0 Å². The number of aliphatic hydroxyl groups is 4. The summed E-state index contributed by atoms with van der Waals surface area (Å²) in [5.41, 5.74) is 2.38. The van der Waals surface area contributed by atoms with Crippen LogP contribution in [0.2, 0.25) is 0 Å². The maximum atomic E-state index is 14.0. The molecule has 3 fully saturated rings. The Hall–Kier alpha value is -2.31. The van der Waals surface area contributed by atoms with Crippen molar-refractivity contribution in [3.05, 3.63) is 22.7 Å². The zero-order chi connectivity index (χ0) is 26.1. The van der Waals surface area contributed by atoms with Crippen LogP contribution < -0.4 is 5.73 Å². The van der Waals surface area contributed by atoms with Gasteiger partial charge in [0.25, 0.3) is 5.91 Å². The average molecular weight is 506 g/mol. The van der Waals surface area contributed by atoms with E-state index in [-0.39, 0.29) is 48.1 Å². The molecule has 198 valence electrons. The van der Waals surface area contributed by atoms with E-state index in [0.29, 0.717) is 39.1 Å². The van der Waals surface area contributed by atoms with E-state index in [1.165, 1.54) is 0 Å². The lowest BCUT2D eigenvalue weighted by Crippen LogP contribution is -2.68. The number of amides is 1. The lowest BCUT2D eigenvalue weighted by Gasteiger charge is -2.55. The molecule has 6 N–H and O–H groups in total. The lowest BCUT2D eigenvalue weighted by atomic mass is 9.52. The molecular formula is C25H35N3O8. The first-order chi connectivity index (χ1) is 17.0. The first-order valence-electron chi connectivity index (χ1n) is 12.6. The monoisotopic (exact) mass is 505 g/mol. The molecule has 1 amide bonds. The zero-order valence-electron chi connectivity index (χ0n) is 20.6. The molecule has 5 unspecified atom stereocenters. The highest BCUT2D eigenvalue weighted by molar-refractivity contribution is 6.23. The van der Waals surface area contributed by atoms with Gasteiger partial charge in [-0.3, -0.25) is 19.3 Å². The average Bonchev–Trinajstić information content (AvgIpc) is 2.81. The minimum Gasteiger partial charge on any atom is -0.511 e. The number of rotatable bonds is 3. The fraction of sp³-hybridized carbons (Fsp3) is 0.720. The van der Waals surface area contributed by atoms with Gasteiger partial charge in [0, 0.05) is 43.0 Å². The number of allylic oxidation sites excluding steroid dienone is 1. The fourth-order valence-corrected chi connectivity index (χ4v) is 7.48. The molecule has 2 saturated carbocycles. The SMILES string of the molecule is CN(C)C1CC(N2CCOCC2)C(O)=C2C(=O)C3C(O)[C@]4(O)C(=O)C(C(N)=O)=C(O)C[C@@H]4C[C@@H]3CC21. The smallest absolute Gasteiger partial charge is 0.255 e. The Morgan fingerprint density at radius 1 is 1.14 bits per heavy atom. The molecule has 1 heterocycles. The standard InChI is InChI=1S/C25H35N3O8/c1-27(2)14-10-15(28-3-5-36-6-4-28)20(30)18-13(14)8-11-7-12-9-16(29)19(24(26)34)23(33)25(12,35)22(32)17(11)21(18)31/h11-15,17,22,29-30,32,35H,3-10H2,1-2H3,(H2,26,34)/t11-,12+,13?,14?,15?,17?,22?,25+/m1/s1. The number of ketones is 2. The highest BCUT2D eigenvalue weighted by Crippen LogP contribution is 2.55. The second kappa shape index (κ2) is 8.91. The Bertz CT molecular complexity index is 1050. The van der Waals surface area contributed by atoms with Crippen LogP contribution in [0.25, 0.3) is 0 Å². The van der Waals surface area contributed by atoms with Crippen LogP contribution in [-0.4, -0.2) is 112 Å². The maximum Gasteiger partial charge on any atom is 0.255 e. The summed E-state index contributed by atoms with van der Waals surface area (Å²) in [7, 11) is 3.89. The summed E-state index contributed by atoms with van der Waals surface area (Å²) in [6.07, 6.45) is -0.656. The molecule has 11 nitrogen and oxygen atoms in total. The van der Waals surface area contributed by atoms with E-state index < -0.39 is 52.3 Å². The number of carbonyl (C=O) groups excluding carboxylic acids is 3. The number of fused-ring (bicyclic) bond motifs is 3. The molecule has 5 aliphatic rings. The van der Waals surface area contributed by atoms with Gasteiger partial charge in [0.15, 0.2) is 11.4 Å². The van der Waals surface area contributed by atoms with Crippen LogP contribution in [0.3, 0.4) is 0 Å². The normalized spacial score (nSPS) is 41.8. The third-order valence-corrected chi connectivity index (χ3v) is 9.24. The first-order valence-corrected chi connectivity index (χ1v) is 12.6. The number of primary amides is 1. The van der Waals surface area contributed by atoms with Gasteiger partial charge in [-0.2, -0.15) is 0 Å². The van der Waals surface area contributed by atoms with Crippen molar-refractivity contribution >= 4 is 17.5 Å². The van der Waals surface area contributed by atoms with Crippen LogP contribution in [0, 0.1) is 23.7 Å². The van der Waals surface area contributed by atoms with Gasteiger partial charge in [-0.25, -0.2) is 0 Å². The Morgan fingerprint density at radius 2 is 1.81 bits per heavy atom. The van der Waals surface area contributed by atoms with E-state index in [4.69, 9.17) is 10.5 Å². The predicted molar refractivity (Wildman–Crippen MR) is 126 cm³/mol. The summed E-state index contributed by atoms with van der Waals surface area (Å²) in [4.78, 5) is 43.1. The van der Waals surface area contributed by atoms with E-state index in [2.05, 4.69) is 9.80 Å². The number of Topliss-reactive ketones (excluding diaryl/α,β-unsaturated/α-hetero) is 2. The fourth-order valence-electron chi connectivity index (χ4n) is 7.48. The summed E-state index contributed by atoms with van der Waals surface area (Å²) in [6, 6.07) is -0.406. The van der Waals surface area contributed by atoms with Crippen LogP contribution in [0.1, 0.15) is 25.7 Å². The van der Waals surface area contributed by atoms with Crippen molar-refractivity contribution in [1.82, 2.24) is 9.80 Å². The topological polar surface area (TPSA) is 174 Å². The maximum absolute atomic E-state index is 14.0. The largest absolute Gasteiger partial charge is 0.511 e. The number of hydrogen-bond donors (Lipinski definition) is 5. The van der Waals surface area contributed by atoms with Crippen molar-refractivity contribution in [2.75, 3.05) is 40.4 Å². The highest BCUT2D eigenvalue weighted by Gasteiger charge is 2.65. The number of nitrogens with two attached hydrogens (primary N) is 1. The minimum atomic E-state index is -2.42. The number of nitrogens with zero attached hydrogens (tertiary/aromatic N) is 2. The molecule has 0 spiro atoms. The van der Waals surface area contributed by atoms with Gasteiger partial charge in [-0.05, 0) is 39.3 Å². The van der Waals surface area contributed by atoms with E-state index >= 15 is 0 Å². The van der Waals surface area contributed by atoms with Gasteiger partial charge in [0.2, 0.25) is 5.78 Å². The van der Waals surface area contributed by atoms with E-state index in [1.54, 1.807) is 0 Å². The highest BCUT2D eigenvalue weighted by atomic mass is 16.5. The van der Waals surface area contributed by atoms with Gasteiger partial charge in [-0.1, -0.05) is 0 Å². The molecule has 0 radical (unpaired) electrons. The van der Waals surface area contributed by atoms with Crippen molar-refractivity contribution in [2.45, 2.75) is 49.5 Å². The number of hydrogen-bond acceptors (Lipinski definition) is 10. The number of aliphatic hydroxyl groups excluding tert-OH is 3. The summed E-state index contributed by atoms with van der Waals surface area (Å²) < 4.78 is 5.45. The van der Waals surface area contributed by atoms with E-state index in [1.807, 2.05) is 14.1 Å². The second-order valence-electron chi connectivity index (χ2n) is 11.1.